The van der Waals surface area contributed by atoms with E-state index in [1.54, 1.807) is 0 Å². The largest absolute Gasteiger partial charge is 0.435 e. The highest BCUT2D eigenvalue weighted by atomic mass is 19.3. The molecule has 0 bridgehead atoms. The highest BCUT2D eigenvalue weighted by Gasteiger charge is 2.06. The molecule has 0 saturated heterocycles. The minimum Gasteiger partial charge on any atom is -0.435 e. The molecule has 0 saturated carbocycles. The van der Waals surface area contributed by atoms with Gasteiger partial charge in [-0.05, 0) is 24.3 Å². The number of hydrogen-bond donors (Lipinski definition) is 1. The number of nitrogens with zero attached hydrogens (tertiary/aromatic N) is 1. The van der Waals surface area contributed by atoms with Crippen molar-refractivity contribution in [3.8, 4) is 17.0 Å². The fraction of sp³-hybridized carbons (Fsp3) is 0.0909. The quantitative estimate of drug-likeness (QED) is 0.890. The van der Waals surface area contributed by atoms with Crippen LogP contribution in [0.5, 0.6) is 5.75 Å². The van der Waals surface area contributed by atoms with E-state index < -0.39 is 6.61 Å². The van der Waals surface area contributed by atoms with Crippen LogP contribution in [0.3, 0.4) is 0 Å². The van der Waals surface area contributed by atoms with E-state index in [0.717, 1.165) is 0 Å². The molecule has 0 aliphatic heterocycles. The third-order valence-electron chi connectivity index (χ3n) is 2.06. The van der Waals surface area contributed by atoms with Crippen molar-refractivity contribution in [1.29, 1.82) is 0 Å². The van der Waals surface area contributed by atoms with E-state index >= 15 is 0 Å². The highest BCUT2D eigenvalue weighted by molar-refractivity contribution is 5.58. The van der Waals surface area contributed by atoms with Crippen LogP contribution in [-0.2, 0) is 0 Å². The van der Waals surface area contributed by atoms with Gasteiger partial charge in [0.1, 0.15) is 11.4 Å². The molecule has 2 rings (SSSR count). The summed E-state index contributed by atoms with van der Waals surface area (Å²) in [6.45, 7) is -2.86. The minimum atomic E-state index is -2.86. The molecular weight excluding hydrogens is 230 g/mol. The molecule has 0 aliphatic rings. The summed E-state index contributed by atoms with van der Waals surface area (Å²) in [5.41, 5.74) is 0.430. The number of halogens is 2. The summed E-state index contributed by atoms with van der Waals surface area (Å²) in [5, 5.41) is 0. The van der Waals surface area contributed by atoms with Crippen LogP contribution in [0.4, 0.5) is 8.78 Å². The molecule has 1 aromatic heterocycles. The molecule has 17 heavy (non-hydrogen) atoms. The van der Waals surface area contributed by atoms with Gasteiger partial charge in [0.25, 0.3) is 5.56 Å². The van der Waals surface area contributed by atoms with Crippen molar-refractivity contribution < 1.29 is 13.5 Å². The lowest BCUT2D eigenvalue weighted by molar-refractivity contribution is -0.0498. The molecule has 0 aliphatic carbocycles. The van der Waals surface area contributed by atoms with E-state index in [2.05, 4.69) is 14.7 Å². The van der Waals surface area contributed by atoms with Gasteiger partial charge in [0.2, 0.25) is 0 Å². The van der Waals surface area contributed by atoms with Gasteiger partial charge in [0.15, 0.2) is 0 Å². The minimum absolute atomic E-state index is 0.0381. The number of alkyl halides is 2. The van der Waals surface area contributed by atoms with Crippen LogP contribution in [-0.4, -0.2) is 16.6 Å². The smallest absolute Gasteiger partial charge is 0.387 e. The Kier molecular flexibility index (Phi) is 3.13. The van der Waals surface area contributed by atoms with Gasteiger partial charge < -0.3 is 9.72 Å². The number of hydrogen-bond acceptors (Lipinski definition) is 3. The van der Waals surface area contributed by atoms with Crippen LogP contribution in [0.25, 0.3) is 11.3 Å². The van der Waals surface area contributed by atoms with Crippen molar-refractivity contribution in [2.24, 2.45) is 0 Å². The first-order chi connectivity index (χ1) is 8.16. The van der Waals surface area contributed by atoms with Gasteiger partial charge in [-0.2, -0.15) is 8.78 Å². The number of benzene rings is 1. The molecule has 1 heterocycles. The Morgan fingerprint density at radius 2 is 1.94 bits per heavy atom. The average molecular weight is 238 g/mol. The first-order valence-electron chi connectivity index (χ1n) is 4.76. The van der Waals surface area contributed by atoms with Crippen molar-refractivity contribution in [2.45, 2.75) is 6.61 Å². The molecule has 4 nitrogen and oxygen atoms in total. The molecule has 0 amide bonds. The molecular formula is C11H8F2N2O2. The monoisotopic (exact) mass is 238 g/mol. The summed E-state index contributed by atoms with van der Waals surface area (Å²) in [5.74, 6) is 0.0381. The van der Waals surface area contributed by atoms with Crippen LogP contribution in [0.15, 0.2) is 41.5 Å². The first-order valence-corrected chi connectivity index (χ1v) is 4.76. The maximum atomic E-state index is 11.9. The van der Waals surface area contributed by atoms with E-state index in [9.17, 15) is 13.6 Å². The fourth-order valence-corrected chi connectivity index (χ4v) is 1.35. The van der Waals surface area contributed by atoms with E-state index in [0.29, 0.717) is 5.56 Å². The number of aromatic amines is 1. The summed E-state index contributed by atoms with van der Waals surface area (Å²) in [7, 11) is 0. The summed E-state index contributed by atoms with van der Waals surface area (Å²) in [6.07, 6.45) is 2.86. The van der Waals surface area contributed by atoms with Crippen LogP contribution in [0.1, 0.15) is 0 Å². The first kappa shape index (κ1) is 11.3. The zero-order valence-electron chi connectivity index (χ0n) is 8.56. The molecule has 6 heteroatoms. The van der Waals surface area contributed by atoms with Gasteiger partial charge >= 0.3 is 6.61 Å². The van der Waals surface area contributed by atoms with Crippen molar-refractivity contribution in [2.75, 3.05) is 0 Å². The molecule has 0 unspecified atom stereocenters. The number of ether oxygens (including phenoxy) is 1. The SMILES string of the molecule is O=c1[nH]ccnc1-c1ccc(OC(F)F)cc1. The maximum absolute atomic E-state index is 11.9. The van der Waals surface area contributed by atoms with Crippen molar-refractivity contribution in [3.63, 3.8) is 0 Å². The molecule has 0 radical (unpaired) electrons. The molecule has 2 aromatic rings. The number of nitrogens with one attached hydrogen (secondary N) is 1. The predicted octanol–water partition coefficient (Wildman–Crippen LogP) is 2.04. The topological polar surface area (TPSA) is 55.0 Å². The molecule has 1 aromatic carbocycles. The Morgan fingerprint density at radius 1 is 1.24 bits per heavy atom. The Morgan fingerprint density at radius 3 is 2.53 bits per heavy atom. The van der Waals surface area contributed by atoms with Gasteiger partial charge in [0.05, 0.1) is 0 Å². The summed E-state index contributed by atoms with van der Waals surface area (Å²) >= 11 is 0. The number of rotatable bonds is 3. The van der Waals surface area contributed by atoms with Gasteiger partial charge in [-0.1, -0.05) is 0 Å². The highest BCUT2D eigenvalue weighted by Crippen LogP contribution is 2.19. The second-order valence-electron chi connectivity index (χ2n) is 3.17. The zero-order chi connectivity index (χ0) is 12.3. The maximum Gasteiger partial charge on any atom is 0.387 e. The van der Waals surface area contributed by atoms with E-state index in [1.807, 2.05) is 0 Å². The molecule has 88 valence electrons. The lowest BCUT2D eigenvalue weighted by Gasteiger charge is -2.04. The third kappa shape index (κ3) is 2.66. The number of H-pyrrole nitrogens is 1. The van der Waals surface area contributed by atoms with E-state index in [1.165, 1.54) is 36.7 Å². The van der Waals surface area contributed by atoms with Crippen molar-refractivity contribution in [1.82, 2.24) is 9.97 Å². The van der Waals surface area contributed by atoms with Gasteiger partial charge in [-0.25, -0.2) is 4.98 Å². The summed E-state index contributed by atoms with van der Waals surface area (Å²) in [4.78, 5) is 17.8. The van der Waals surface area contributed by atoms with Crippen LogP contribution in [0.2, 0.25) is 0 Å². The van der Waals surface area contributed by atoms with Crippen LogP contribution < -0.4 is 10.3 Å². The summed E-state index contributed by atoms with van der Waals surface area (Å²) in [6, 6.07) is 5.70. The Labute approximate surface area is 94.9 Å². The lowest BCUT2D eigenvalue weighted by atomic mass is 10.1. The average Bonchev–Trinajstić information content (AvgIpc) is 2.30. The zero-order valence-corrected chi connectivity index (χ0v) is 8.56. The standard InChI is InChI=1S/C11H8F2N2O2/c12-11(13)17-8-3-1-7(2-4-8)9-10(16)15-6-5-14-9/h1-6,11H,(H,15,16). The van der Waals surface area contributed by atoms with Crippen molar-refractivity contribution in [3.05, 3.63) is 47.0 Å². The van der Waals surface area contributed by atoms with Gasteiger partial charge in [0, 0.05) is 18.0 Å². The Balaban J connectivity index is 2.30. The van der Waals surface area contributed by atoms with Gasteiger partial charge in [-0.15, -0.1) is 0 Å². The van der Waals surface area contributed by atoms with Gasteiger partial charge in [-0.3, -0.25) is 4.79 Å². The van der Waals surface area contributed by atoms with E-state index in [-0.39, 0.29) is 17.0 Å². The lowest BCUT2D eigenvalue weighted by Crippen LogP contribution is -2.09. The number of aromatic nitrogens is 2. The van der Waals surface area contributed by atoms with Crippen molar-refractivity contribution >= 4 is 0 Å². The molecule has 0 spiro atoms. The normalized spacial score (nSPS) is 10.5. The van der Waals surface area contributed by atoms with Crippen LogP contribution >= 0.6 is 0 Å². The fourth-order valence-electron chi connectivity index (χ4n) is 1.35. The molecule has 0 fully saturated rings. The second kappa shape index (κ2) is 4.73. The second-order valence-corrected chi connectivity index (χ2v) is 3.17. The predicted molar refractivity (Wildman–Crippen MR) is 56.9 cm³/mol. The third-order valence-corrected chi connectivity index (χ3v) is 2.06. The Hall–Kier alpha value is -2.24. The summed E-state index contributed by atoms with van der Waals surface area (Å²) < 4.78 is 28.0. The van der Waals surface area contributed by atoms with E-state index in [4.69, 9.17) is 0 Å². The molecule has 1 N–H and O–H groups in total. The Bertz CT molecular complexity index is 552. The van der Waals surface area contributed by atoms with Crippen LogP contribution in [0, 0.1) is 0 Å². The molecule has 0 atom stereocenters.